The fourth-order valence-electron chi connectivity index (χ4n) is 16.9. The molecule has 4 aliphatic rings. The Morgan fingerprint density at radius 1 is 0.420 bits per heavy atom. The second kappa shape index (κ2) is 46.7. The van der Waals surface area contributed by atoms with Crippen LogP contribution in [0.4, 0.5) is 0 Å². The molecule has 9 aromatic rings. The zero-order valence-electron chi connectivity index (χ0n) is 70.7. The van der Waals surface area contributed by atoms with Crippen molar-refractivity contribution in [2.75, 3.05) is 0 Å². The van der Waals surface area contributed by atoms with Crippen LogP contribution >= 0.6 is 0 Å². The van der Waals surface area contributed by atoms with Crippen molar-refractivity contribution in [2.45, 2.75) is 301 Å². The summed E-state index contributed by atoms with van der Waals surface area (Å²) in [6, 6.07) is 51.3. The summed E-state index contributed by atoms with van der Waals surface area (Å²) < 4.78 is 0. The Morgan fingerprint density at radius 2 is 0.795 bits per heavy atom. The summed E-state index contributed by atoms with van der Waals surface area (Å²) >= 11 is 0. The van der Waals surface area contributed by atoms with Gasteiger partial charge in [0.2, 0.25) is 0 Å². The quantitative estimate of drug-likeness (QED) is 0.0434. The van der Waals surface area contributed by atoms with Gasteiger partial charge in [0, 0.05) is 82.9 Å². The van der Waals surface area contributed by atoms with E-state index in [1.54, 1.807) is 31.1 Å². The average molecular weight is 2050 g/mol. The van der Waals surface area contributed by atoms with Gasteiger partial charge >= 0.3 is 0 Å². The van der Waals surface area contributed by atoms with E-state index in [1.807, 2.05) is 13.8 Å². The molecule has 6 N–H and O–H groups in total. The number of pyridine rings is 3. The van der Waals surface area contributed by atoms with Crippen molar-refractivity contribution in [3.63, 3.8) is 0 Å². The van der Waals surface area contributed by atoms with E-state index < -0.39 is 18.3 Å². The molecule has 112 heavy (non-hydrogen) atoms. The van der Waals surface area contributed by atoms with E-state index in [9.17, 15) is 10.2 Å². The second-order valence-corrected chi connectivity index (χ2v) is 34.5. The van der Waals surface area contributed by atoms with Crippen LogP contribution in [-0.4, -0.2) is 63.9 Å². The molecule has 0 bridgehead atoms. The van der Waals surface area contributed by atoms with E-state index in [4.69, 9.17) is 35.4 Å². The first-order chi connectivity index (χ1) is 51.7. The summed E-state index contributed by atoms with van der Waals surface area (Å²) in [7, 11) is 0. The molecule has 3 radical (unpaired) electrons. The van der Waals surface area contributed by atoms with Gasteiger partial charge in [-0.3, -0.25) is 15.0 Å². The first-order valence-corrected chi connectivity index (χ1v) is 41.2. The van der Waals surface area contributed by atoms with Crippen LogP contribution in [0.25, 0.3) is 66.5 Å². The third kappa shape index (κ3) is 30.9. The van der Waals surface area contributed by atoms with Gasteiger partial charge in [-0.2, -0.15) is 0 Å². The number of aliphatic hydroxyl groups excluding tert-OH is 6. The molecule has 4 aliphatic carbocycles. The molecule has 3 heterocycles. The van der Waals surface area contributed by atoms with E-state index in [0.717, 1.165) is 63.1 Å². The van der Waals surface area contributed by atoms with Gasteiger partial charge < -0.3 is 30.6 Å². The van der Waals surface area contributed by atoms with Crippen LogP contribution in [0, 0.1) is 83.9 Å². The van der Waals surface area contributed by atoms with E-state index in [2.05, 4.69) is 210 Å². The summed E-state index contributed by atoms with van der Waals surface area (Å²) in [5.41, 5.74) is 26.5. The van der Waals surface area contributed by atoms with Crippen molar-refractivity contribution in [3.05, 3.63) is 230 Å². The molecule has 4 saturated carbocycles. The second-order valence-electron chi connectivity index (χ2n) is 34.5. The van der Waals surface area contributed by atoms with Crippen molar-refractivity contribution in [3.8, 4) is 33.8 Å². The van der Waals surface area contributed by atoms with Crippen LogP contribution in [0.5, 0.6) is 0 Å². The molecule has 0 aliphatic heterocycles. The van der Waals surface area contributed by atoms with Crippen molar-refractivity contribution in [1.82, 2.24) is 15.0 Å². The fraction of sp³-hybridized carbons (Fsp3) is 0.490. The molecule has 0 spiro atoms. The predicted octanol–water partition coefficient (Wildman–Crippen LogP) is 26.8. The van der Waals surface area contributed by atoms with Gasteiger partial charge in [-0.05, 0) is 227 Å². The molecule has 9 nitrogen and oxygen atoms in total. The Labute approximate surface area is 715 Å². The van der Waals surface area contributed by atoms with Crippen molar-refractivity contribution >= 4 is 32.7 Å². The van der Waals surface area contributed by atoms with Gasteiger partial charge in [-0.1, -0.05) is 209 Å². The van der Waals surface area contributed by atoms with Crippen molar-refractivity contribution < 1.29 is 91.0 Å². The third-order valence-electron chi connectivity index (χ3n) is 21.3. The zero-order valence-corrected chi connectivity index (χ0v) is 77.9. The average Bonchev–Trinajstić information content (AvgIpc) is 0.836. The van der Waals surface area contributed by atoms with Crippen LogP contribution in [0.2, 0.25) is 0 Å². The molecule has 613 valence electrons. The summed E-state index contributed by atoms with van der Waals surface area (Å²) in [6.45, 7) is 36.4. The van der Waals surface area contributed by atoms with Gasteiger partial charge in [0.05, 0.1) is 52.1 Å². The van der Waals surface area contributed by atoms with Crippen molar-refractivity contribution in [1.29, 1.82) is 0 Å². The number of aliphatic hydroxyl groups is 6. The molecular weight excluding hydrogens is 1920 g/mol. The van der Waals surface area contributed by atoms with Crippen LogP contribution in [0.1, 0.15) is 295 Å². The Balaban J connectivity index is 0.000000256. The molecule has 3 atom stereocenters. The standard InChI is InChI=1S/C29H34N.C27H32N.C23H24N.C11H22O2.2C5H10O2.3Ir/c1-20-15-21(2)17-25(16-20)28-14-13-26-27(23-11-7-4-8-12-23)18-24(19-29(26)30-28)22-9-5-3-6-10-22;1-18-12-19(2)14-22(13-18)25-11-10-23-24(21-8-6-7-9-21)15-20(16-26(23)28-25)17-27(3,4)5;1-15-12-16(2)14-19(13-15)22-10-9-21-17(3)20(8-11-23(21)24-22)18-6-4-5-7-18;1-8(2)5-10(12)7-11(13)6-9(3)4;2*1-4(6)3-5(2)7;;;/h13-16,18-19,22-23H,3-12H2,1-2H3;10-13,15-16,21H,6-9,17H2,1-5H3;8-13,18H,4-7H2,1-3H3;7-10,12-13H,5-6H2,1-4H3;2*3-4,6-7H,1-2H3;;;/q3*-1;;;;;;. The Morgan fingerprint density at radius 3 is 1.17 bits per heavy atom. The SMILES string of the molecule is CC(C)CC(O)=CC(O)CC(C)C.CC(O)=CC(C)O.CC(O)=CC(C)O.Cc1[c-]c(-c2ccc3c(C)c(C4CCCC4)ccc3n2)cc(C)c1.Cc1[c-]c(-c2ccc3c(C4CCCC4)cc(CC(C)(C)C)cc3n2)cc(C)c1.Cc1[c-]c(-c2ccc3c(C4CCCCC4)cc(C4CCCCC4)cc3n2)cc(C)c1.[Ir].[Ir].[Ir]. The number of benzene rings is 6. The number of allylic oxidation sites excluding steroid dienone is 3. The summed E-state index contributed by atoms with van der Waals surface area (Å²) in [5, 5.41) is 56.7. The third-order valence-corrected chi connectivity index (χ3v) is 21.3. The van der Waals surface area contributed by atoms with E-state index in [1.165, 1.54) is 219 Å². The maximum Gasteiger partial charge on any atom is 0.0911 e. The number of aryl methyl sites for hydroxylation is 7. The molecular formula is C100H132Ir3N3O6-3. The molecule has 4 fully saturated rings. The predicted molar refractivity (Wildman–Crippen MR) is 460 cm³/mol. The first-order valence-electron chi connectivity index (χ1n) is 41.2. The monoisotopic (exact) mass is 2050 g/mol. The van der Waals surface area contributed by atoms with Gasteiger partial charge in [0.1, 0.15) is 0 Å². The Kier molecular flexibility index (Phi) is 40.2. The maximum absolute atomic E-state index is 9.47. The van der Waals surface area contributed by atoms with Crippen LogP contribution in [0.3, 0.4) is 0 Å². The van der Waals surface area contributed by atoms with Gasteiger partial charge in [-0.15, -0.1) is 105 Å². The maximum atomic E-state index is 9.47. The number of nitrogens with zero attached hydrogens (tertiary/aromatic N) is 3. The van der Waals surface area contributed by atoms with Gasteiger partial charge in [-0.25, -0.2) is 0 Å². The Hall–Kier alpha value is -6.00. The molecule has 0 saturated heterocycles. The normalized spacial score (nSPS) is 16.0. The Bertz CT molecular complexity index is 4430. The zero-order chi connectivity index (χ0) is 79.2. The number of fused-ring (bicyclic) bond motifs is 3. The van der Waals surface area contributed by atoms with Crippen LogP contribution < -0.4 is 0 Å². The number of rotatable bonds is 15. The van der Waals surface area contributed by atoms with Gasteiger partial charge in [0.25, 0.3) is 0 Å². The topological polar surface area (TPSA) is 160 Å². The fourth-order valence-corrected chi connectivity index (χ4v) is 16.9. The smallest absolute Gasteiger partial charge is 0.0911 e. The minimum Gasteiger partial charge on any atom is -0.513 e. The molecule has 6 aromatic carbocycles. The molecule has 13 rings (SSSR count). The van der Waals surface area contributed by atoms with Gasteiger partial charge in [0.15, 0.2) is 0 Å². The van der Waals surface area contributed by atoms with Crippen molar-refractivity contribution in [2.24, 2.45) is 17.3 Å². The summed E-state index contributed by atoms with van der Waals surface area (Å²) in [6.07, 6.45) is 29.7. The van der Waals surface area contributed by atoms with Crippen LogP contribution in [-0.2, 0) is 66.7 Å². The number of hydrogen-bond acceptors (Lipinski definition) is 9. The molecule has 3 aromatic heterocycles. The van der Waals surface area contributed by atoms with E-state index in [0.29, 0.717) is 42.3 Å². The largest absolute Gasteiger partial charge is 0.513 e. The van der Waals surface area contributed by atoms with Crippen LogP contribution in [0.15, 0.2) is 145 Å². The molecule has 12 heteroatoms. The number of aromatic nitrogens is 3. The summed E-state index contributed by atoms with van der Waals surface area (Å²) in [4.78, 5) is 15.3. The molecule has 0 amide bonds. The van der Waals surface area contributed by atoms with E-state index >= 15 is 0 Å². The molecule has 3 unspecified atom stereocenters. The minimum absolute atomic E-state index is 0. The summed E-state index contributed by atoms with van der Waals surface area (Å²) in [5.74, 6) is 4.41. The first kappa shape index (κ1) is 96.6. The minimum atomic E-state index is -0.537. The van der Waals surface area contributed by atoms with E-state index in [-0.39, 0.29) is 77.2 Å². The number of hydrogen-bond donors (Lipinski definition) is 6.